The number of aromatic nitrogens is 2. The van der Waals surface area contributed by atoms with Crippen LogP contribution >= 0.6 is 11.6 Å². The van der Waals surface area contributed by atoms with Gasteiger partial charge in [0.05, 0.1) is 11.3 Å². The van der Waals surface area contributed by atoms with Crippen LogP contribution in [0.3, 0.4) is 0 Å². The summed E-state index contributed by atoms with van der Waals surface area (Å²) in [6.07, 6.45) is 2.21. The minimum Gasteiger partial charge on any atom is -0.353 e. The van der Waals surface area contributed by atoms with Gasteiger partial charge in [0, 0.05) is 25.2 Å². The van der Waals surface area contributed by atoms with Gasteiger partial charge in [-0.05, 0) is 38.0 Å². The number of hydrogen-bond donors (Lipinski definition) is 1. The number of amides is 1. The lowest BCUT2D eigenvalue weighted by Crippen LogP contribution is -2.21. The minimum atomic E-state index is -0.601. The molecule has 0 bridgehead atoms. The summed E-state index contributed by atoms with van der Waals surface area (Å²) in [7, 11) is 1.82. The van der Waals surface area contributed by atoms with Crippen molar-refractivity contribution in [2.75, 3.05) is 23.3 Å². The van der Waals surface area contributed by atoms with Crippen LogP contribution in [0.1, 0.15) is 28.9 Å². The quantitative estimate of drug-likeness (QED) is 0.935. The molecule has 0 saturated carbocycles. The van der Waals surface area contributed by atoms with E-state index in [4.69, 9.17) is 11.6 Å². The number of nitrogens with zero attached hydrogens (tertiary/aromatic N) is 3. The Morgan fingerprint density at radius 3 is 2.74 bits per heavy atom. The standard InChI is InChI=1S/C16H18ClFN4O/c1-10-14(15(20-21(10)2)22-7-3-4-8-22)19-16(23)12-9-11(17)5-6-13(12)18/h5-6,9H,3-4,7-8H2,1-2H3,(H,19,23). The Kier molecular flexibility index (Phi) is 4.26. The topological polar surface area (TPSA) is 50.2 Å². The van der Waals surface area contributed by atoms with E-state index in [0.29, 0.717) is 10.7 Å². The van der Waals surface area contributed by atoms with Gasteiger partial charge < -0.3 is 10.2 Å². The first kappa shape index (κ1) is 15.8. The first-order valence-electron chi connectivity index (χ1n) is 7.52. The van der Waals surface area contributed by atoms with Crippen molar-refractivity contribution in [2.24, 2.45) is 7.05 Å². The Labute approximate surface area is 139 Å². The molecule has 2 aromatic rings. The fourth-order valence-corrected chi connectivity index (χ4v) is 2.91. The number of hydrogen-bond acceptors (Lipinski definition) is 3. The van der Waals surface area contributed by atoms with Gasteiger partial charge >= 0.3 is 0 Å². The smallest absolute Gasteiger partial charge is 0.258 e. The van der Waals surface area contributed by atoms with Gasteiger partial charge in [-0.25, -0.2) is 4.39 Å². The maximum absolute atomic E-state index is 13.9. The maximum Gasteiger partial charge on any atom is 0.258 e. The summed E-state index contributed by atoms with van der Waals surface area (Å²) in [5.74, 6) is -0.393. The lowest BCUT2D eigenvalue weighted by atomic mass is 10.2. The Morgan fingerprint density at radius 2 is 2.04 bits per heavy atom. The molecule has 0 spiro atoms. The van der Waals surface area contributed by atoms with E-state index in [-0.39, 0.29) is 5.56 Å². The van der Waals surface area contributed by atoms with Crippen LogP contribution < -0.4 is 10.2 Å². The molecule has 1 aromatic carbocycles. The zero-order valence-corrected chi connectivity index (χ0v) is 13.8. The molecule has 0 atom stereocenters. The summed E-state index contributed by atoms with van der Waals surface area (Å²) in [6.45, 7) is 3.69. The molecule has 7 heteroatoms. The minimum absolute atomic E-state index is 0.0758. The van der Waals surface area contributed by atoms with Crippen molar-refractivity contribution in [3.63, 3.8) is 0 Å². The van der Waals surface area contributed by atoms with Gasteiger partial charge in [0.1, 0.15) is 11.5 Å². The van der Waals surface area contributed by atoms with Crippen LogP contribution in [0.25, 0.3) is 0 Å². The predicted octanol–water partition coefficient (Wildman–Crippen LogP) is 3.37. The molecule has 0 unspecified atom stereocenters. The van der Waals surface area contributed by atoms with Crippen LogP contribution in [0.2, 0.25) is 5.02 Å². The van der Waals surface area contributed by atoms with E-state index in [0.717, 1.165) is 37.4 Å². The summed E-state index contributed by atoms with van der Waals surface area (Å²) in [4.78, 5) is 14.6. The van der Waals surface area contributed by atoms with Crippen molar-refractivity contribution in [1.82, 2.24) is 9.78 Å². The molecule has 5 nitrogen and oxygen atoms in total. The van der Waals surface area contributed by atoms with Gasteiger partial charge in [-0.2, -0.15) is 5.10 Å². The number of anilines is 2. The fourth-order valence-electron chi connectivity index (χ4n) is 2.74. The third-order valence-electron chi connectivity index (χ3n) is 4.13. The van der Waals surface area contributed by atoms with Crippen molar-refractivity contribution in [3.8, 4) is 0 Å². The molecule has 3 rings (SSSR count). The molecule has 0 radical (unpaired) electrons. The lowest BCUT2D eigenvalue weighted by Gasteiger charge is -2.16. The SMILES string of the molecule is Cc1c(NC(=O)c2cc(Cl)ccc2F)c(N2CCCC2)nn1C. The number of carbonyl (C=O) groups is 1. The number of halogens is 2. The van der Waals surface area contributed by atoms with Crippen LogP contribution in [0.15, 0.2) is 18.2 Å². The second kappa shape index (κ2) is 6.20. The molecule has 1 N–H and O–H groups in total. The number of benzene rings is 1. The Bertz CT molecular complexity index is 753. The predicted molar refractivity (Wildman–Crippen MR) is 88.8 cm³/mol. The number of carbonyl (C=O) groups excluding carboxylic acids is 1. The van der Waals surface area contributed by atoms with Gasteiger partial charge in [0.2, 0.25) is 0 Å². The van der Waals surface area contributed by atoms with Crippen molar-refractivity contribution in [1.29, 1.82) is 0 Å². The summed E-state index contributed by atoms with van der Waals surface area (Å²) < 4.78 is 15.6. The van der Waals surface area contributed by atoms with E-state index in [9.17, 15) is 9.18 Å². The number of aryl methyl sites for hydroxylation is 1. The molecule has 1 aliphatic heterocycles. The molecule has 1 aliphatic rings. The maximum atomic E-state index is 13.9. The zero-order chi connectivity index (χ0) is 16.6. The van der Waals surface area contributed by atoms with Gasteiger partial charge in [0.15, 0.2) is 5.82 Å². The number of rotatable bonds is 3. The van der Waals surface area contributed by atoms with Gasteiger partial charge in [0.25, 0.3) is 5.91 Å². The summed E-state index contributed by atoms with van der Waals surface area (Å²) in [5.41, 5.74) is 1.37. The monoisotopic (exact) mass is 336 g/mol. The van der Waals surface area contributed by atoms with Crippen LogP contribution in [-0.2, 0) is 7.05 Å². The Morgan fingerprint density at radius 1 is 1.35 bits per heavy atom. The molecule has 1 amide bonds. The average molecular weight is 337 g/mol. The van der Waals surface area contributed by atoms with Crippen molar-refractivity contribution >= 4 is 29.0 Å². The van der Waals surface area contributed by atoms with Crippen LogP contribution in [0, 0.1) is 12.7 Å². The fraction of sp³-hybridized carbons (Fsp3) is 0.375. The number of nitrogens with one attached hydrogen (secondary N) is 1. The van der Waals surface area contributed by atoms with Crippen molar-refractivity contribution in [3.05, 3.63) is 40.3 Å². The molecule has 0 aliphatic carbocycles. The lowest BCUT2D eigenvalue weighted by molar-refractivity contribution is 0.102. The summed E-state index contributed by atoms with van der Waals surface area (Å²) in [6, 6.07) is 3.93. The van der Waals surface area contributed by atoms with E-state index in [1.807, 2.05) is 14.0 Å². The second-order valence-corrected chi connectivity index (χ2v) is 6.12. The normalized spacial score (nSPS) is 14.3. The van der Waals surface area contributed by atoms with Gasteiger partial charge in [-0.3, -0.25) is 9.48 Å². The third-order valence-corrected chi connectivity index (χ3v) is 4.37. The van der Waals surface area contributed by atoms with E-state index in [2.05, 4.69) is 15.3 Å². The van der Waals surface area contributed by atoms with Crippen molar-refractivity contribution in [2.45, 2.75) is 19.8 Å². The second-order valence-electron chi connectivity index (χ2n) is 5.68. The highest BCUT2D eigenvalue weighted by Crippen LogP contribution is 2.31. The third kappa shape index (κ3) is 3.03. The Balaban J connectivity index is 1.93. The summed E-state index contributed by atoms with van der Waals surface area (Å²) >= 11 is 5.86. The highest BCUT2D eigenvalue weighted by Gasteiger charge is 2.24. The average Bonchev–Trinajstić information content (AvgIpc) is 3.13. The van der Waals surface area contributed by atoms with Crippen molar-refractivity contribution < 1.29 is 9.18 Å². The van der Waals surface area contributed by atoms with Gasteiger partial charge in [-0.15, -0.1) is 0 Å². The first-order chi connectivity index (χ1) is 11.0. The molecule has 23 heavy (non-hydrogen) atoms. The Hall–Kier alpha value is -2.08. The van der Waals surface area contributed by atoms with E-state index in [1.54, 1.807) is 4.68 Å². The molecule has 1 aromatic heterocycles. The van der Waals surface area contributed by atoms with E-state index < -0.39 is 11.7 Å². The molecule has 1 fully saturated rings. The van der Waals surface area contributed by atoms with E-state index >= 15 is 0 Å². The van der Waals surface area contributed by atoms with Crippen LogP contribution in [0.5, 0.6) is 0 Å². The molecule has 122 valence electrons. The zero-order valence-electron chi connectivity index (χ0n) is 13.1. The molecular weight excluding hydrogens is 319 g/mol. The molecule has 2 heterocycles. The highest BCUT2D eigenvalue weighted by molar-refractivity contribution is 6.31. The van der Waals surface area contributed by atoms with Crippen LogP contribution in [-0.4, -0.2) is 28.8 Å². The van der Waals surface area contributed by atoms with E-state index in [1.165, 1.54) is 18.2 Å². The summed E-state index contributed by atoms with van der Waals surface area (Å²) in [5, 5.41) is 7.60. The van der Waals surface area contributed by atoms with Gasteiger partial charge in [-0.1, -0.05) is 11.6 Å². The molecular formula is C16H18ClFN4O. The highest BCUT2D eigenvalue weighted by atomic mass is 35.5. The molecule has 1 saturated heterocycles. The first-order valence-corrected chi connectivity index (χ1v) is 7.90. The largest absolute Gasteiger partial charge is 0.353 e. The van der Waals surface area contributed by atoms with Crippen LogP contribution in [0.4, 0.5) is 15.9 Å².